The lowest BCUT2D eigenvalue weighted by Gasteiger charge is -2.31. The maximum absolute atomic E-state index is 9.67. The van der Waals surface area contributed by atoms with Crippen molar-refractivity contribution in [1.82, 2.24) is 9.97 Å². The van der Waals surface area contributed by atoms with E-state index in [4.69, 9.17) is 4.98 Å². The number of fused-ring (bicyclic) bond motifs is 1. The topological polar surface area (TPSA) is 61.3 Å². The van der Waals surface area contributed by atoms with Crippen molar-refractivity contribution in [2.45, 2.75) is 52.6 Å². The smallest absolute Gasteiger partial charge is 0.135 e. The van der Waals surface area contributed by atoms with E-state index in [1.807, 2.05) is 6.07 Å². The Balaban J connectivity index is 1.90. The number of hydrogen-bond donors (Lipinski definition) is 2. The van der Waals surface area contributed by atoms with Gasteiger partial charge in [0.25, 0.3) is 0 Å². The van der Waals surface area contributed by atoms with Crippen LogP contribution in [0.2, 0.25) is 0 Å². The van der Waals surface area contributed by atoms with Crippen molar-refractivity contribution in [2.75, 3.05) is 23.4 Å². The van der Waals surface area contributed by atoms with Gasteiger partial charge in [-0.3, -0.25) is 0 Å². The molecular weight excluding hydrogens is 404 g/mol. The van der Waals surface area contributed by atoms with Crippen LogP contribution in [0.4, 0.5) is 11.6 Å². The highest BCUT2D eigenvalue weighted by molar-refractivity contribution is 9.10. The number of hydrogen-bond acceptors (Lipinski definition) is 5. The number of halogens is 1. The predicted molar refractivity (Wildman–Crippen MR) is 114 cm³/mol. The molecule has 1 aliphatic heterocycles. The Morgan fingerprint density at radius 3 is 2.59 bits per heavy atom. The van der Waals surface area contributed by atoms with Crippen molar-refractivity contribution in [3.63, 3.8) is 0 Å². The largest absolute Gasteiger partial charge is 0.394 e. The first kappa shape index (κ1) is 20.1. The van der Waals surface area contributed by atoms with Crippen LogP contribution in [0.1, 0.15) is 50.6 Å². The Morgan fingerprint density at radius 1 is 1.15 bits per heavy atom. The second-order valence-electron chi connectivity index (χ2n) is 7.89. The molecule has 2 N–H and O–H groups in total. The molecule has 1 aromatic heterocycles. The molecule has 1 atom stereocenters. The van der Waals surface area contributed by atoms with Crippen molar-refractivity contribution in [2.24, 2.45) is 5.92 Å². The van der Waals surface area contributed by atoms with Gasteiger partial charge in [0.15, 0.2) is 0 Å². The predicted octanol–water partition coefficient (Wildman–Crippen LogP) is 4.35. The van der Waals surface area contributed by atoms with E-state index in [-0.39, 0.29) is 18.6 Å². The van der Waals surface area contributed by atoms with Crippen LogP contribution in [-0.4, -0.2) is 34.3 Å². The fraction of sp³-hybridized carbons (Fsp3) is 0.524. The third kappa shape index (κ3) is 4.79. The summed E-state index contributed by atoms with van der Waals surface area (Å²) in [6, 6.07) is 8.51. The molecule has 6 heteroatoms. The highest BCUT2D eigenvalue weighted by Gasteiger charge is 2.21. The van der Waals surface area contributed by atoms with Gasteiger partial charge in [0.1, 0.15) is 17.5 Å². The standard InChI is InChI=1S/C21H29BrN4O/c1-13(2)18(12-27)23-19-10-20(25-21(24-19)14(3)4)26-8-7-15-5-6-17(22)9-16(15)11-26/h5-6,9-10,13-14,18,27H,7-8,11-12H2,1-4H3,(H,23,24,25)/t18-/m1/s1. The normalized spacial score (nSPS) is 15.2. The van der Waals surface area contributed by atoms with Crippen molar-refractivity contribution < 1.29 is 5.11 Å². The summed E-state index contributed by atoms with van der Waals surface area (Å²) in [4.78, 5) is 11.8. The van der Waals surface area contributed by atoms with Crippen molar-refractivity contribution in [3.8, 4) is 0 Å². The zero-order valence-corrected chi connectivity index (χ0v) is 18.1. The minimum atomic E-state index is -0.0224. The third-order valence-electron chi connectivity index (χ3n) is 5.09. The molecule has 5 nitrogen and oxygen atoms in total. The lowest BCUT2D eigenvalue weighted by molar-refractivity contribution is 0.249. The first-order chi connectivity index (χ1) is 12.9. The Labute approximate surface area is 170 Å². The Morgan fingerprint density at radius 2 is 1.93 bits per heavy atom. The number of rotatable bonds is 6. The summed E-state index contributed by atoms with van der Waals surface area (Å²) in [5.41, 5.74) is 2.75. The van der Waals surface area contributed by atoms with E-state index in [2.05, 4.69) is 77.0 Å². The summed E-state index contributed by atoms with van der Waals surface area (Å²) in [5.74, 6) is 3.12. The molecule has 2 heterocycles. The van der Waals surface area contributed by atoms with Crippen LogP contribution < -0.4 is 10.2 Å². The molecule has 0 amide bonds. The van der Waals surface area contributed by atoms with Gasteiger partial charge >= 0.3 is 0 Å². The van der Waals surface area contributed by atoms with Gasteiger partial charge in [0.05, 0.1) is 12.6 Å². The zero-order valence-electron chi connectivity index (χ0n) is 16.5. The first-order valence-electron chi connectivity index (χ1n) is 9.66. The molecule has 0 saturated heterocycles. The fourth-order valence-corrected chi connectivity index (χ4v) is 3.69. The Hall–Kier alpha value is -1.66. The minimum absolute atomic E-state index is 0.0224. The molecule has 0 bridgehead atoms. The van der Waals surface area contributed by atoms with Gasteiger partial charge in [-0.2, -0.15) is 0 Å². The molecule has 1 aromatic carbocycles. The number of nitrogens with one attached hydrogen (secondary N) is 1. The van der Waals surface area contributed by atoms with Crippen molar-refractivity contribution in [3.05, 3.63) is 45.7 Å². The second kappa shape index (κ2) is 8.57. The van der Waals surface area contributed by atoms with Gasteiger partial charge in [0, 0.05) is 29.5 Å². The van der Waals surface area contributed by atoms with E-state index in [0.29, 0.717) is 5.92 Å². The molecule has 0 unspecified atom stereocenters. The third-order valence-corrected chi connectivity index (χ3v) is 5.58. The van der Waals surface area contributed by atoms with Crippen LogP contribution >= 0.6 is 15.9 Å². The molecule has 0 spiro atoms. The maximum Gasteiger partial charge on any atom is 0.135 e. The zero-order chi connectivity index (χ0) is 19.6. The van der Waals surface area contributed by atoms with Crippen LogP contribution in [0.15, 0.2) is 28.7 Å². The quantitative estimate of drug-likeness (QED) is 0.709. The fourth-order valence-electron chi connectivity index (χ4n) is 3.28. The summed E-state index contributed by atoms with van der Waals surface area (Å²) >= 11 is 3.58. The summed E-state index contributed by atoms with van der Waals surface area (Å²) in [7, 11) is 0. The first-order valence-corrected chi connectivity index (χ1v) is 10.4. The van der Waals surface area contributed by atoms with Crippen LogP contribution in [0.5, 0.6) is 0 Å². The van der Waals surface area contributed by atoms with E-state index in [9.17, 15) is 5.11 Å². The Kier molecular flexibility index (Phi) is 6.37. The van der Waals surface area contributed by atoms with E-state index in [0.717, 1.165) is 41.4 Å². The van der Waals surface area contributed by atoms with Crippen molar-refractivity contribution in [1.29, 1.82) is 0 Å². The van der Waals surface area contributed by atoms with Crippen LogP contribution in [0, 0.1) is 5.92 Å². The second-order valence-corrected chi connectivity index (χ2v) is 8.80. The van der Waals surface area contributed by atoms with Gasteiger partial charge in [0.2, 0.25) is 0 Å². The number of anilines is 2. The van der Waals surface area contributed by atoms with E-state index < -0.39 is 0 Å². The van der Waals surface area contributed by atoms with Gasteiger partial charge in [-0.15, -0.1) is 0 Å². The number of aromatic nitrogens is 2. The summed E-state index contributed by atoms with van der Waals surface area (Å²) < 4.78 is 1.11. The molecule has 0 radical (unpaired) electrons. The molecule has 2 aromatic rings. The molecule has 3 rings (SSSR count). The van der Waals surface area contributed by atoms with Gasteiger partial charge < -0.3 is 15.3 Å². The molecule has 0 fully saturated rings. The van der Waals surface area contributed by atoms with Crippen LogP contribution in [0.3, 0.4) is 0 Å². The van der Waals surface area contributed by atoms with Gasteiger partial charge in [-0.1, -0.05) is 49.7 Å². The van der Waals surface area contributed by atoms with Crippen LogP contribution in [0.25, 0.3) is 0 Å². The highest BCUT2D eigenvalue weighted by Crippen LogP contribution is 2.28. The van der Waals surface area contributed by atoms with Crippen molar-refractivity contribution >= 4 is 27.6 Å². The van der Waals surface area contributed by atoms with E-state index in [1.165, 1.54) is 11.1 Å². The van der Waals surface area contributed by atoms with Crippen LogP contribution in [-0.2, 0) is 13.0 Å². The average Bonchev–Trinajstić information content (AvgIpc) is 2.64. The highest BCUT2D eigenvalue weighted by atomic mass is 79.9. The number of benzene rings is 1. The monoisotopic (exact) mass is 432 g/mol. The van der Waals surface area contributed by atoms with Gasteiger partial charge in [-0.25, -0.2) is 9.97 Å². The summed E-state index contributed by atoms with van der Waals surface area (Å²) in [6.45, 7) is 10.3. The number of aliphatic hydroxyl groups excluding tert-OH is 1. The number of nitrogens with zero attached hydrogens (tertiary/aromatic N) is 3. The van der Waals surface area contributed by atoms with E-state index in [1.54, 1.807) is 0 Å². The Bertz CT molecular complexity index is 794. The lowest BCUT2D eigenvalue weighted by atomic mass is 10.00. The average molecular weight is 433 g/mol. The summed E-state index contributed by atoms with van der Waals surface area (Å²) in [6.07, 6.45) is 1.01. The van der Waals surface area contributed by atoms with E-state index >= 15 is 0 Å². The SMILES string of the molecule is CC(C)c1nc(N[C@H](CO)C(C)C)cc(N2CCc3ccc(Br)cc3C2)n1. The molecule has 27 heavy (non-hydrogen) atoms. The molecular formula is C21H29BrN4O. The molecule has 1 aliphatic rings. The van der Waals surface area contributed by atoms with Gasteiger partial charge in [-0.05, 0) is 35.6 Å². The lowest BCUT2D eigenvalue weighted by Crippen LogP contribution is -2.33. The summed E-state index contributed by atoms with van der Waals surface area (Å²) in [5, 5.41) is 13.1. The number of aliphatic hydroxyl groups is 1. The minimum Gasteiger partial charge on any atom is -0.394 e. The maximum atomic E-state index is 9.67. The molecule has 0 aliphatic carbocycles. The molecule has 0 saturated carbocycles. The molecule has 146 valence electrons.